The van der Waals surface area contributed by atoms with Crippen LogP contribution in [0.5, 0.6) is 0 Å². The Morgan fingerprint density at radius 2 is 2.00 bits per heavy atom. The number of benzene rings is 1. The molecule has 1 saturated heterocycles. The maximum Gasteiger partial charge on any atom is 0.225 e. The summed E-state index contributed by atoms with van der Waals surface area (Å²) in [4.78, 5) is 25.5. The van der Waals surface area contributed by atoms with Crippen molar-refractivity contribution in [3.63, 3.8) is 0 Å². The van der Waals surface area contributed by atoms with Gasteiger partial charge in [-0.3, -0.25) is 14.5 Å². The Labute approximate surface area is 137 Å². The summed E-state index contributed by atoms with van der Waals surface area (Å²) in [7, 11) is 0. The number of hydrogen-bond donors (Lipinski definition) is 2. The molecule has 0 aliphatic carbocycles. The second kappa shape index (κ2) is 8.88. The normalized spacial score (nSPS) is 18.4. The van der Waals surface area contributed by atoms with Crippen molar-refractivity contribution in [3.05, 3.63) is 29.8 Å². The van der Waals surface area contributed by atoms with Crippen LogP contribution in [0, 0.1) is 0 Å². The van der Waals surface area contributed by atoms with Crippen LogP contribution in [0.25, 0.3) is 0 Å². The first kappa shape index (κ1) is 18.6. The first-order valence-corrected chi connectivity index (χ1v) is 7.42. The van der Waals surface area contributed by atoms with Crippen molar-refractivity contribution in [2.24, 2.45) is 0 Å². The first-order chi connectivity index (χ1) is 10.1. The lowest BCUT2D eigenvalue weighted by Gasteiger charge is -2.33. The van der Waals surface area contributed by atoms with Gasteiger partial charge in [0.25, 0.3) is 0 Å². The summed E-state index contributed by atoms with van der Waals surface area (Å²) in [6, 6.07) is 7.47. The second-order valence-corrected chi connectivity index (χ2v) is 5.52. The minimum atomic E-state index is 0. The number of halogens is 1. The quantitative estimate of drug-likeness (QED) is 0.812. The fraction of sp³-hybridized carbons (Fsp3) is 0.500. The number of amides is 1. The van der Waals surface area contributed by atoms with Crippen molar-refractivity contribution in [2.45, 2.75) is 26.3 Å². The van der Waals surface area contributed by atoms with Crippen molar-refractivity contribution < 1.29 is 9.59 Å². The van der Waals surface area contributed by atoms with Crippen molar-refractivity contribution in [3.8, 4) is 0 Å². The predicted octanol–water partition coefficient (Wildman–Crippen LogP) is 1.93. The maximum absolute atomic E-state index is 12.0. The summed E-state index contributed by atoms with van der Waals surface area (Å²) in [6.07, 6.45) is 0.485. The third kappa shape index (κ3) is 5.40. The zero-order chi connectivity index (χ0) is 15.2. The van der Waals surface area contributed by atoms with E-state index in [0.29, 0.717) is 18.0 Å². The molecule has 0 saturated carbocycles. The minimum Gasteiger partial charge on any atom is -0.326 e. The Kier molecular flexibility index (Phi) is 7.51. The average molecular weight is 326 g/mol. The number of piperazine rings is 1. The van der Waals surface area contributed by atoms with Crippen LogP contribution in [0.3, 0.4) is 0 Å². The van der Waals surface area contributed by atoms with Crippen molar-refractivity contribution in [2.75, 3.05) is 31.5 Å². The van der Waals surface area contributed by atoms with Gasteiger partial charge in [0.15, 0.2) is 5.78 Å². The van der Waals surface area contributed by atoms with Gasteiger partial charge in [-0.05, 0) is 38.1 Å². The Hall–Kier alpha value is -1.43. The van der Waals surface area contributed by atoms with E-state index in [9.17, 15) is 9.59 Å². The third-order valence-corrected chi connectivity index (χ3v) is 3.84. The number of Topliss-reactive ketones (excluding diaryl/α,β-unsaturated/α-hetero) is 1. The number of nitrogens with zero attached hydrogens (tertiary/aromatic N) is 1. The maximum atomic E-state index is 12.0. The minimum absolute atomic E-state index is 0. The van der Waals surface area contributed by atoms with Gasteiger partial charge in [0, 0.05) is 49.9 Å². The van der Waals surface area contributed by atoms with E-state index in [1.165, 1.54) is 6.92 Å². The lowest BCUT2D eigenvalue weighted by molar-refractivity contribution is -0.116. The number of carbonyl (C=O) groups is 2. The highest BCUT2D eigenvalue weighted by Crippen LogP contribution is 2.11. The van der Waals surface area contributed by atoms with Crippen LogP contribution < -0.4 is 10.6 Å². The Morgan fingerprint density at radius 3 is 2.59 bits per heavy atom. The molecule has 1 aromatic carbocycles. The molecule has 0 bridgehead atoms. The fourth-order valence-corrected chi connectivity index (χ4v) is 2.47. The molecule has 1 amide bonds. The molecule has 5 nitrogen and oxygen atoms in total. The van der Waals surface area contributed by atoms with E-state index in [1.54, 1.807) is 24.3 Å². The molecule has 1 fully saturated rings. The number of nitrogens with one attached hydrogen (secondary N) is 2. The fourth-order valence-electron chi connectivity index (χ4n) is 2.47. The van der Waals surface area contributed by atoms with E-state index in [-0.39, 0.29) is 24.1 Å². The summed E-state index contributed by atoms with van der Waals surface area (Å²) in [5.74, 6) is 0.0388. The number of hydrogen-bond acceptors (Lipinski definition) is 4. The van der Waals surface area contributed by atoms with Crippen LogP contribution in [0.1, 0.15) is 30.6 Å². The number of ketones is 1. The predicted molar refractivity (Wildman–Crippen MR) is 90.8 cm³/mol. The van der Waals surface area contributed by atoms with Gasteiger partial charge in [0.1, 0.15) is 0 Å². The van der Waals surface area contributed by atoms with Crippen molar-refractivity contribution in [1.82, 2.24) is 10.2 Å². The molecular weight excluding hydrogens is 302 g/mol. The number of carbonyl (C=O) groups excluding carboxylic acids is 2. The Balaban J connectivity index is 0.00000242. The van der Waals surface area contributed by atoms with Gasteiger partial charge >= 0.3 is 0 Å². The zero-order valence-electron chi connectivity index (χ0n) is 13.1. The molecular formula is C16H24ClN3O2. The van der Waals surface area contributed by atoms with Gasteiger partial charge in [-0.2, -0.15) is 0 Å². The topological polar surface area (TPSA) is 61.4 Å². The highest BCUT2D eigenvalue weighted by Gasteiger charge is 2.18. The smallest absolute Gasteiger partial charge is 0.225 e. The van der Waals surface area contributed by atoms with E-state index >= 15 is 0 Å². The van der Waals surface area contributed by atoms with Crippen LogP contribution in [-0.2, 0) is 4.79 Å². The molecule has 6 heteroatoms. The van der Waals surface area contributed by atoms with Gasteiger partial charge in [0.2, 0.25) is 5.91 Å². The summed E-state index contributed by atoms with van der Waals surface area (Å²) in [6.45, 7) is 7.43. The molecule has 0 radical (unpaired) electrons. The van der Waals surface area contributed by atoms with E-state index in [2.05, 4.69) is 22.5 Å². The molecule has 1 aromatic rings. The average Bonchev–Trinajstić information content (AvgIpc) is 2.47. The molecule has 1 aliphatic heterocycles. The summed E-state index contributed by atoms with van der Waals surface area (Å²) < 4.78 is 0. The van der Waals surface area contributed by atoms with Crippen LogP contribution >= 0.6 is 12.4 Å². The first-order valence-electron chi connectivity index (χ1n) is 7.42. The van der Waals surface area contributed by atoms with Crippen LogP contribution in [0.2, 0.25) is 0 Å². The Bertz CT molecular complexity index is 505. The van der Waals surface area contributed by atoms with Gasteiger partial charge in [-0.1, -0.05) is 0 Å². The number of rotatable bonds is 5. The zero-order valence-corrected chi connectivity index (χ0v) is 13.9. The van der Waals surface area contributed by atoms with Crippen LogP contribution in [0.4, 0.5) is 5.69 Å². The molecule has 0 unspecified atom stereocenters. The molecule has 1 aliphatic rings. The van der Waals surface area contributed by atoms with Gasteiger partial charge in [0.05, 0.1) is 0 Å². The molecule has 1 heterocycles. The number of anilines is 1. The Morgan fingerprint density at radius 1 is 1.32 bits per heavy atom. The molecule has 22 heavy (non-hydrogen) atoms. The van der Waals surface area contributed by atoms with Crippen molar-refractivity contribution >= 4 is 29.8 Å². The van der Waals surface area contributed by atoms with E-state index in [4.69, 9.17) is 0 Å². The lowest BCUT2D eigenvalue weighted by Crippen LogP contribution is -2.50. The SMILES string of the molecule is CC(=O)c1ccc(NC(=O)CCN2CCNC[C@@H]2C)cc1.Cl. The molecule has 2 N–H and O–H groups in total. The van der Waals surface area contributed by atoms with Gasteiger partial charge in [-0.25, -0.2) is 0 Å². The van der Waals surface area contributed by atoms with E-state index in [0.717, 1.165) is 31.9 Å². The van der Waals surface area contributed by atoms with Crippen LogP contribution in [0.15, 0.2) is 24.3 Å². The van der Waals surface area contributed by atoms with Gasteiger partial charge < -0.3 is 10.6 Å². The summed E-state index contributed by atoms with van der Waals surface area (Å²) in [5.41, 5.74) is 1.39. The summed E-state index contributed by atoms with van der Waals surface area (Å²) >= 11 is 0. The monoisotopic (exact) mass is 325 g/mol. The van der Waals surface area contributed by atoms with Crippen molar-refractivity contribution in [1.29, 1.82) is 0 Å². The molecule has 122 valence electrons. The second-order valence-electron chi connectivity index (χ2n) is 5.52. The molecule has 0 spiro atoms. The molecule has 2 rings (SSSR count). The lowest BCUT2D eigenvalue weighted by atomic mass is 10.1. The third-order valence-electron chi connectivity index (χ3n) is 3.84. The molecule has 0 aromatic heterocycles. The largest absolute Gasteiger partial charge is 0.326 e. The van der Waals surface area contributed by atoms with Crippen LogP contribution in [-0.4, -0.2) is 48.8 Å². The van der Waals surface area contributed by atoms with E-state index < -0.39 is 0 Å². The standard InChI is InChI=1S/C16H23N3O2.ClH/c1-12-11-17-8-10-19(12)9-7-16(21)18-15-5-3-14(4-6-15)13(2)20;/h3-6,12,17H,7-11H2,1-2H3,(H,18,21);1H/t12-;/m0./s1. The highest BCUT2D eigenvalue weighted by atomic mass is 35.5. The summed E-state index contributed by atoms with van der Waals surface area (Å²) in [5, 5.41) is 6.21. The molecule has 1 atom stereocenters. The van der Waals surface area contributed by atoms with E-state index in [1.807, 2.05) is 0 Å². The van der Waals surface area contributed by atoms with Gasteiger partial charge in [-0.15, -0.1) is 12.4 Å². The highest BCUT2D eigenvalue weighted by molar-refractivity contribution is 5.95.